The van der Waals surface area contributed by atoms with Gasteiger partial charge in [0.05, 0.1) is 17.9 Å². The first-order valence-corrected chi connectivity index (χ1v) is 10.1. The van der Waals surface area contributed by atoms with E-state index in [9.17, 15) is 9.59 Å². The van der Waals surface area contributed by atoms with Crippen LogP contribution in [0.15, 0.2) is 23.0 Å². The van der Waals surface area contributed by atoms with E-state index >= 15 is 0 Å². The zero-order valence-corrected chi connectivity index (χ0v) is 17.5. The maximum absolute atomic E-state index is 12.8. The average Bonchev–Trinajstić information content (AvgIpc) is 3.05. The molecule has 1 aromatic carbocycles. The van der Waals surface area contributed by atoms with Crippen LogP contribution in [0.1, 0.15) is 44.4 Å². The van der Waals surface area contributed by atoms with Crippen LogP contribution in [0.4, 0.5) is 0 Å². The molecule has 3 aromatic rings. The van der Waals surface area contributed by atoms with Crippen molar-refractivity contribution in [3.63, 3.8) is 0 Å². The molecule has 2 heterocycles. The van der Waals surface area contributed by atoms with Gasteiger partial charge in [0.2, 0.25) is 5.91 Å². The standard InChI is InChI=1S/C21H27N5O4/c1-4-7-15-18-19(26(3)24-15)21(28)23-20(22-18)14-12-13(8-6-9-17(27)25-29)10-11-16(14)30-5-2/h10-12,29H,4-9H2,1-3H3,(H,25,27)(H,22,23,28). The highest BCUT2D eigenvalue weighted by molar-refractivity contribution is 5.80. The molecule has 0 bridgehead atoms. The van der Waals surface area contributed by atoms with Gasteiger partial charge in [-0.05, 0) is 43.9 Å². The third-order valence-electron chi connectivity index (χ3n) is 4.84. The molecule has 0 aliphatic heterocycles. The van der Waals surface area contributed by atoms with Gasteiger partial charge in [-0.2, -0.15) is 5.10 Å². The predicted octanol–water partition coefficient (Wildman–Crippen LogP) is 2.50. The summed E-state index contributed by atoms with van der Waals surface area (Å²) in [6, 6.07) is 5.69. The molecule has 0 unspecified atom stereocenters. The van der Waals surface area contributed by atoms with E-state index < -0.39 is 5.91 Å². The van der Waals surface area contributed by atoms with E-state index in [2.05, 4.69) is 17.0 Å². The Labute approximate surface area is 174 Å². The quantitative estimate of drug-likeness (QED) is 0.366. The number of hydroxylamine groups is 1. The number of ether oxygens (including phenoxy) is 1. The average molecular weight is 413 g/mol. The number of hydrogen-bond acceptors (Lipinski definition) is 6. The maximum Gasteiger partial charge on any atom is 0.277 e. The smallest absolute Gasteiger partial charge is 0.277 e. The Hall–Kier alpha value is -3.20. The number of aryl methyl sites for hydroxylation is 3. The molecule has 0 saturated carbocycles. The highest BCUT2D eigenvalue weighted by Crippen LogP contribution is 2.30. The lowest BCUT2D eigenvalue weighted by Crippen LogP contribution is -2.18. The Bertz CT molecular complexity index is 1100. The van der Waals surface area contributed by atoms with Crippen molar-refractivity contribution in [1.29, 1.82) is 0 Å². The third-order valence-corrected chi connectivity index (χ3v) is 4.84. The molecule has 0 atom stereocenters. The van der Waals surface area contributed by atoms with E-state index in [1.807, 2.05) is 25.1 Å². The van der Waals surface area contributed by atoms with Crippen LogP contribution in [-0.4, -0.2) is 37.5 Å². The molecule has 160 valence electrons. The van der Waals surface area contributed by atoms with Crippen molar-refractivity contribution >= 4 is 16.9 Å². The van der Waals surface area contributed by atoms with Gasteiger partial charge < -0.3 is 9.72 Å². The summed E-state index contributed by atoms with van der Waals surface area (Å²) in [5.74, 6) is 0.631. The van der Waals surface area contributed by atoms with Gasteiger partial charge in [0, 0.05) is 13.5 Å². The van der Waals surface area contributed by atoms with Gasteiger partial charge in [-0.3, -0.25) is 19.5 Å². The Kier molecular flexibility index (Phi) is 6.83. The fourth-order valence-electron chi connectivity index (χ4n) is 3.49. The Morgan fingerprint density at radius 2 is 2.10 bits per heavy atom. The van der Waals surface area contributed by atoms with Gasteiger partial charge in [-0.1, -0.05) is 19.4 Å². The third kappa shape index (κ3) is 4.51. The zero-order valence-electron chi connectivity index (χ0n) is 17.5. The number of H-pyrrole nitrogens is 1. The summed E-state index contributed by atoms with van der Waals surface area (Å²) in [5.41, 5.74) is 4.90. The molecule has 0 aliphatic carbocycles. The number of hydrogen-bond donors (Lipinski definition) is 3. The lowest BCUT2D eigenvalue weighted by molar-refractivity contribution is -0.129. The van der Waals surface area contributed by atoms with Crippen LogP contribution in [0, 0.1) is 0 Å². The fourth-order valence-corrected chi connectivity index (χ4v) is 3.49. The minimum absolute atomic E-state index is 0.218. The molecule has 3 N–H and O–H groups in total. The molecular weight excluding hydrogens is 386 g/mol. The minimum atomic E-state index is -0.419. The van der Waals surface area contributed by atoms with Gasteiger partial charge in [0.15, 0.2) is 5.52 Å². The van der Waals surface area contributed by atoms with Crippen LogP contribution < -0.4 is 15.8 Å². The van der Waals surface area contributed by atoms with Crippen LogP contribution in [0.3, 0.4) is 0 Å². The van der Waals surface area contributed by atoms with E-state index in [4.69, 9.17) is 14.9 Å². The summed E-state index contributed by atoms with van der Waals surface area (Å²) in [6.07, 6.45) is 3.06. The molecule has 0 radical (unpaired) electrons. The Morgan fingerprint density at radius 1 is 1.30 bits per heavy atom. The second-order valence-electron chi connectivity index (χ2n) is 7.08. The summed E-state index contributed by atoms with van der Waals surface area (Å²) in [5, 5.41) is 13.1. The van der Waals surface area contributed by atoms with Gasteiger partial charge in [-0.15, -0.1) is 0 Å². The number of nitrogens with one attached hydrogen (secondary N) is 2. The van der Waals surface area contributed by atoms with Gasteiger partial charge in [0.1, 0.15) is 17.1 Å². The molecule has 0 fully saturated rings. The van der Waals surface area contributed by atoms with E-state index in [1.54, 1.807) is 17.2 Å². The van der Waals surface area contributed by atoms with Gasteiger partial charge in [0.25, 0.3) is 5.56 Å². The molecule has 1 amide bonds. The predicted molar refractivity (Wildman–Crippen MR) is 113 cm³/mol. The SMILES string of the molecule is CCCc1nn(C)c2c(=O)[nH]c(-c3cc(CCCC(=O)NO)ccc3OCC)nc12. The van der Waals surface area contributed by atoms with Crippen molar-refractivity contribution in [3.8, 4) is 17.1 Å². The van der Waals surface area contributed by atoms with Crippen molar-refractivity contribution in [1.82, 2.24) is 25.2 Å². The summed E-state index contributed by atoms with van der Waals surface area (Å²) in [7, 11) is 1.74. The molecule has 0 saturated heterocycles. The lowest BCUT2D eigenvalue weighted by Gasteiger charge is -2.12. The van der Waals surface area contributed by atoms with Crippen LogP contribution in [-0.2, 0) is 24.7 Å². The summed E-state index contributed by atoms with van der Waals surface area (Å²) < 4.78 is 7.33. The van der Waals surface area contributed by atoms with Crippen molar-refractivity contribution in [3.05, 3.63) is 39.8 Å². The van der Waals surface area contributed by atoms with Crippen molar-refractivity contribution in [2.75, 3.05) is 6.61 Å². The number of rotatable bonds is 9. The summed E-state index contributed by atoms with van der Waals surface area (Å²) in [6.45, 7) is 4.43. The molecule has 9 nitrogen and oxygen atoms in total. The first-order valence-electron chi connectivity index (χ1n) is 10.1. The summed E-state index contributed by atoms with van der Waals surface area (Å²) >= 11 is 0. The normalized spacial score (nSPS) is 11.1. The molecule has 9 heteroatoms. The largest absolute Gasteiger partial charge is 0.493 e. The molecular formula is C21H27N5O4. The molecule has 0 aliphatic rings. The first kappa shape index (κ1) is 21.5. The topological polar surface area (TPSA) is 122 Å². The lowest BCUT2D eigenvalue weighted by atomic mass is 10.0. The van der Waals surface area contributed by atoms with E-state index in [0.717, 1.165) is 24.1 Å². The van der Waals surface area contributed by atoms with Crippen LogP contribution in [0.5, 0.6) is 5.75 Å². The van der Waals surface area contributed by atoms with E-state index in [-0.39, 0.29) is 12.0 Å². The Balaban J connectivity index is 2.04. The van der Waals surface area contributed by atoms with Crippen LogP contribution in [0.2, 0.25) is 0 Å². The van der Waals surface area contributed by atoms with Gasteiger partial charge in [-0.25, -0.2) is 10.5 Å². The van der Waals surface area contributed by atoms with Crippen molar-refractivity contribution in [2.24, 2.45) is 7.05 Å². The Morgan fingerprint density at radius 3 is 2.80 bits per heavy atom. The molecule has 2 aromatic heterocycles. The second kappa shape index (κ2) is 9.53. The van der Waals surface area contributed by atoms with E-state index in [0.29, 0.717) is 47.6 Å². The molecule has 0 spiro atoms. The molecule has 3 rings (SSSR count). The highest BCUT2D eigenvalue weighted by atomic mass is 16.5. The number of amides is 1. The number of aromatic nitrogens is 4. The number of nitrogens with zero attached hydrogens (tertiary/aromatic N) is 3. The number of benzene rings is 1. The van der Waals surface area contributed by atoms with Crippen LogP contribution >= 0.6 is 0 Å². The van der Waals surface area contributed by atoms with Crippen LogP contribution in [0.25, 0.3) is 22.4 Å². The zero-order chi connectivity index (χ0) is 21.7. The fraction of sp³-hybridized carbons (Fsp3) is 0.429. The number of carbonyl (C=O) groups excluding carboxylic acids is 1. The number of aromatic amines is 1. The molecule has 30 heavy (non-hydrogen) atoms. The van der Waals surface area contributed by atoms with Crippen molar-refractivity contribution < 1.29 is 14.7 Å². The van der Waals surface area contributed by atoms with Crippen molar-refractivity contribution in [2.45, 2.75) is 46.0 Å². The highest BCUT2D eigenvalue weighted by Gasteiger charge is 2.17. The second-order valence-corrected chi connectivity index (χ2v) is 7.08. The number of carbonyl (C=O) groups is 1. The van der Waals surface area contributed by atoms with Gasteiger partial charge >= 0.3 is 0 Å². The minimum Gasteiger partial charge on any atom is -0.493 e. The first-order chi connectivity index (χ1) is 14.5. The number of fused-ring (bicyclic) bond motifs is 1. The monoisotopic (exact) mass is 413 g/mol. The summed E-state index contributed by atoms with van der Waals surface area (Å²) in [4.78, 5) is 31.6. The maximum atomic E-state index is 12.8. The van der Waals surface area contributed by atoms with E-state index in [1.165, 1.54) is 0 Å².